The van der Waals surface area contributed by atoms with Gasteiger partial charge in [0.15, 0.2) is 0 Å². The zero-order chi connectivity index (χ0) is 24.7. The van der Waals surface area contributed by atoms with Crippen LogP contribution in [0.15, 0.2) is 0 Å². The molecule has 9 rings (SSSR count). The Kier molecular flexibility index (Phi) is 2.65. The first kappa shape index (κ1) is 20.8. The molecule has 3 aliphatic carbocycles. The van der Waals surface area contributed by atoms with Crippen LogP contribution in [0.5, 0.6) is 0 Å². The molecule has 0 N–H and O–H groups in total. The molecular weight excluding hydrogens is 464 g/mol. The second-order valence-corrected chi connectivity index (χ2v) is 13.3. The van der Waals surface area contributed by atoms with Gasteiger partial charge in [-0.1, -0.05) is 20.8 Å². The third kappa shape index (κ3) is 1.03. The Balaban J connectivity index is 1.51. The average Bonchev–Trinajstić information content (AvgIpc) is 2.95. The molecule has 0 aromatic heterocycles. The van der Waals surface area contributed by atoms with Crippen molar-refractivity contribution < 1.29 is 38.1 Å². The Morgan fingerprint density at radius 2 is 1.59 bits per heavy atom. The van der Waals surface area contributed by atoms with Crippen molar-refractivity contribution in [3.63, 3.8) is 0 Å². The van der Waals surface area contributed by atoms with E-state index >= 15 is 0 Å². The Labute approximate surface area is 202 Å². The number of ether oxygens (including phenoxy) is 5. The predicted octanol–water partition coefficient (Wildman–Crippen LogP) is 2.34. The van der Waals surface area contributed by atoms with E-state index in [0.29, 0.717) is 0 Å². The fourth-order valence-corrected chi connectivity index (χ4v) is 13.2. The molecule has 0 radical (unpaired) electrons. The number of esters is 3. The van der Waals surface area contributed by atoms with Crippen molar-refractivity contribution in [2.24, 2.45) is 39.4 Å². The number of carbonyl (C=O) groups is 3. The molecule has 9 aliphatic rings. The van der Waals surface area contributed by atoms with Gasteiger partial charge in [0.05, 0.1) is 22.3 Å². The number of hydrogen-bond acceptors (Lipinski definition) is 8. The summed E-state index contributed by atoms with van der Waals surface area (Å²) in [6.07, 6.45) is 0. The van der Waals surface area contributed by atoms with Gasteiger partial charge in [-0.15, -0.1) is 11.6 Å². The van der Waals surface area contributed by atoms with Gasteiger partial charge >= 0.3 is 17.9 Å². The molecule has 6 saturated heterocycles. The van der Waals surface area contributed by atoms with Crippen LogP contribution in [0.25, 0.3) is 0 Å². The van der Waals surface area contributed by atoms with Gasteiger partial charge in [0.2, 0.25) is 0 Å². The van der Waals surface area contributed by atoms with Crippen LogP contribution in [-0.2, 0) is 38.1 Å². The molecule has 0 aromatic rings. The number of alkyl halides is 1. The smallest absolute Gasteiger partial charge is 0.324 e. The van der Waals surface area contributed by atoms with E-state index in [4.69, 9.17) is 35.3 Å². The predicted molar refractivity (Wildman–Crippen MR) is 113 cm³/mol. The number of cyclic esters (lactones) is 1. The van der Waals surface area contributed by atoms with Crippen LogP contribution in [0.2, 0.25) is 0 Å². The lowest BCUT2D eigenvalue weighted by molar-refractivity contribution is -0.415. The highest BCUT2D eigenvalue weighted by atomic mass is 35.5. The largest absolute Gasteiger partial charge is 0.458 e. The second-order valence-electron chi connectivity index (χ2n) is 13.1. The van der Waals surface area contributed by atoms with Gasteiger partial charge in [-0.2, -0.15) is 0 Å². The third-order valence-electron chi connectivity index (χ3n) is 13.5. The first-order chi connectivity index (χ1) is 15.6. The van der Waals surface area contributed by atoms with Crippen molar-refractivity contribution in [1.82, 2.24) is 0 Å². The number of hydrogen-bond donors (Lipinski definition) is 0. The maximum absolute atomic E-state index is 14.4. The molecule has 9 heteroatoms. The van der Waals surface area contributed by atoms with E-state index in [1.807, 2.05) is 27.7 Å². The molecule has 0 amide bonds. The van der Waals surface area contributed by atoms with E-state index in [2.05, 4.69) is 20.8 Å². The number of carbonyl (C=O) groups excluding carboxylic acids is 3. The molecule has 184 valence electrons. The molecule has 13 atom stereocenters. The Morgan fingerprint density at radius 1 is 0.941 bits per heavy atom. The van der Waals surface area contributed by atoms with Crippen LogP contribution < -0.4 is 0 Å². The lowest BCUT2D eigenvalue weighted by atomic mass is 9.17. The van der Waals surface area contributed by atoms with Gasteiger partial charge in [0.1, 0.15) is 39.1 Å². The molecule has 8 nitrogen and oxygen atoms in total. The topological polar surface area (TPSA) is 101 Å². The highest BCUT2D eigenvalue weighted by Gasteiger charge is 3.26. The van der Waals surface area contributed by atoms with Crippen LogP contribution in [-0.4, -0.2) is 57.6 Å². The molecule has 34 heavy (non-hydrogen) atoms. The maximum Gasteiger partial charge on any atom is 0.324 e. The SMILES string of the molecule is CC1C2C(C)(OC(=O)CCl)OC(=O)C3(C)C24OC1(C)C31C2(C)OC23C(C)C2(C)OC(=O)C41C23C. The van der Waals surface area contributed by atoms with Gasteiger partial charge in [-0.3, -0.25) is 14.4 Å². The monoisotopic (exact) mass is 492 g/mol. The summed E-state index contributed by atoms with van der Waals surface area (Å²) in [6.45, 7) is 15.8. The normalized spacial score (nSPS) is 72.6. The fraction of sp³-hybridized carbons (Fsp3) is 0.880. The van der Waals surface area contributed by atoms with E-state index in [1.54, 1.807) is 6.92 Å². The van der Waals surface area contributed by atoms with Crippen molar-refractivity contribution in [3.05, 3.63) is 0 Å². The van der Waals surface area contributed by atoms with E-state index in [0.717, 1.165) is 0 Å². The summed E-state index contributed by atoms with van der Waals surface area (Å²) in [5.41, 5.74) is -8.33. The highest BCUT2D eigenvalue weighted by molar-refractivity contribution is 6.26. The Hall–Kier alpha value is -1.38. The fourth-order valence-electron chi connectivity index (χ4n) is 13.2. The summed E-state index contributed by atoms with van der Waals surface area (Å²) in [6, 6.07) is 0. The number of rotatable bonds is 2. The quantitative estimate of drug-likeness (QED) is 0.329. The van der Waals surface area contributed by atoms with Crippen molar-refractivity contribution in [1.29, 1.82) is 0 Å². The van der Waals surface area contributed by atoms with Crippen LogP contribution in [0.3, 0.4) is 0 Å². The first-order valence-electron chi connectivity index (χ1n) is 12.2. The minimum absolute atomic E-state index is 0.0470. The van der Waals surface area contributed by atoms with Crippen molar-refractivity contribution in [3.8, 4) is 0 Å². The van der Waals surface area contributed by atoms with Gasteiger partial charge in [0, 0.05) is 12.8 Å². The highest BCUT2D eigenvalue weighted by Crippen LogP contribution is 3.12. The molecule has 0 aromatic carbocycles. The molecular formula is C25H29ClO8. The van der Waals surface area contributed by atoms with E-state index < -0.39 is 73.3 Å². The molecule has 6 aliphatic heterocycles. The molecule has 13 unspecified atom stereocenters. The zero-order valence-electron chi connectivity index (χ0n) is 20.6. The van der Waals surface area contributed by atoms with Gasteiger partial charge in [-0.25, -0.2) is 0 Å². The summed E-state index contributed by atoms with van der Waals surface area (Å²) in [7, 11) is 0. The standard InChI is InChI=1S/C25H29ClO8/c1-10-13-19(6,30-12(27)9-26)32-14(28)16(3)24(13)22-15(29)31-18(5)11(2)23(20(18,22)7)21(8,34-23)25(16,22)17(10,4)33-24/h10-11,13H,9H2,1-8H3. The number of halogens is 1. The summed E-state index contributed by atoms with van der Waals surface area (Å²) in [5.74, 6) is -4.39. The minimum atomic E-state index is -1.63. The first-order valence-corrected chi connectivity index (χ1v) is 12.7. The Morgan fingerprint density at radius 3 is 2.21 bits per heavy atom. The third-order valence-corrected chi connectivity index (χ3v) is 13.7. The summed E-state index contributed by atoms with van der Waals surface area (Å²) in [5, 5.41) is 0. The molecule has 3 saturated carbocycles. The molecule has 6 heterocycles. The van der Waals surface area contributed by atoms with Gasteiger partial charge in [0.25, 0.3) is 5.79 Å². The molecule has 9 fully saturated rings. The van der Waals surface area contributed by atoms with E-state index in [-0.39, 0.29) is 23.7 Å². The average molecular weight is 493 g/mol. The van der Waals surface area contributed by atoms with Gasteiger partial charge < -0.3 is 23.7 Å². The van der Waals surface area contributed by atoms with Crippen molar-refractivity contribution in [2.45, 2.75) is 89.2 Å². The Bertz CT molecular complexity index is 1240. The van der Waals surface area contributed by atoms with E-state index in [1.165, 1.54) is 0 Å². The number of epoxide rings is 1. The van der Waals surface area contributed by atoms with Crippen molar-refractivity contribution in [2.75, 3.05) is 5.88 Å². The lowest BCUT2D eigenvalue weighted by Crippen LogP contribution is -2.96. The molecule has 3 bridgehead atoms. The lowest BCUT2D eigenvalue weighted by Gasteiger charge is -2.80. The van der Waals surface area contributed by atoms with Crippen LogP contribution in [0.4, 0.5) is 0 Å². The van der Waals surface area contributed by atoms with Gasteiger partial charge in [-0.05, 0) is 33.6 Å². The van der Waals surface area contributed by atoms with E-state index in [9.17, 15) is 14.4 Å². The summed E-state index contributed by atoms with van der Waals surface area (Å²) >= 11 is 5.77. The zero-order valence-corrected chi connectivity index (χ0v) is 21.3. The summed E-state index contributed by atoms with van der Waals surface area (Å²) in [4.78, 5) is 40.9. The minimum Gasteiger partial charge on any atom is -0.458 e. The summed E-state index contributed by atoms with van der Waals surface area (Å²) < 4.78 is 31.9. The van der Waals surface area contributed by atoms with Crippen LogP contribution in [0, 0.1) is 39.4 Å². The van der Waals surface area contributed by atoms with Crippen LogP contribution in [0.1, 0.15) is 55.4 Å². The molecule has 4 spiro atoms. The van der Waals surface area contributed by atoms with Crippen molar-refractivity contribution >= 4 is 29.5 Å². The maximum atomic E-state index is 14.4. The second kappa shape index (κ2) is 4.34. The van der Waals surface area contributed by atoms with Crippen LogP contribution >= 0.6 is 11.6 Å².